The lowest BCUT2D eigenvalue weighted by atomic mass is 10.2. The molecule has 0 unspecified atom stereocenters. The zero-order valence-electron chi connectivity index (χ0n) is 13.4. The summed E-state index contributed by atoms with van der Waals surface area (Å²) in [7, 11) is 1.69. The number of para-hydroxylation sites is 2. The molecular formula is C20H17N3O. The minimum absolute atomic E-state index is 0.732. The lowest BCUT2D eigenvalue weighted by molar-refractivity contribution is 0.414. The van der Waals surface area contributed by atoms with Crippen LogP contribution in [0.15, 0.2) is 73.1 Å². The number of methoxy groups -OCH3 is 1. The van der Waals surface area contributed by atoms with Crippen LogP contribution in [0.4, 0.5) is 0 Å². The molecule has 0 bridgehead atoms. The summed E-state index contributed by atoms with van der Waals surface area (Å²) in [5.41, 5.74) is 4.34. The van der Waals surface area contributed by atoms with E-state index in [1.165, 1.54) is 5.56 Å². The molecule has 0 fully saturated rings. The summed E-state index contributed by atoms with van der Waals surface area (Å²) in [5.74, 6) is 1.81. The van der Waals surface area contributed by atoms with E-state index >= 15 is 0 Å². The minimum atomic E-state index is 0.732. The second-order valence-electron chi connectivity index (χ2n) is 5.60. The average molecular weight is 315 g/mol. The lowest BCUT2D eigenvalue weighted by Crippen LogP contribution is -2.02. The standard InChI is InChI=1S/C20H17N3O/c1-24-17-6-4-5-15(13-17)14-23-19-8-3-2-7-18(19)22-20(23)16-9-11-21-12-10-16/h2-13H,14H2,1H3. The number of hydrogen-bond acceptors (Lipinski definition) is 3. The molecule has 4 aromatic rings. The van der Waals surface area contributed by atoms with Crippen molar-refractivity contribution < 1.29 is 4.74 Å². The maximum atomic E-state index is 5.34. The Labute approximate surface area is 140 Å². The van der Waals surface area contributed by atoms with Gasteiger partial charge in [-0.25, -0.2) is 4.98 Å². The normalized spacial score (nSPS) is 10.9. The Morgan fingerprint density at radius 2 is 1.79 bits per heavy atom. The quantitative estimate of drug-likeness (QED) is 0.568. The van der Waals surface area contributed by atoms with Gasteiger partial charge in [-0.1, -0.05) is 24.3 Å². The van der Waals surface area contributed by atoms with Crippen LogP contribution in [0.3, 0.4) is 0 Å². The van der Waals surface area contributed by atoms with E-state index in [2.05, 4.69) is 27.8 Å². The number of pyridine rings is 1. The number of benzene rings is 2. The summed E-state index contributed by atoms with van der Waals surface area (Å²) in [4.78, 5) is 8.93. The van der Waals surface area contributed by atoms with Crippen molar-refractivity contribution in [3.63, 3.8) is 0 Å². The number of nitrogens with zero attached hydrogens (tertiary/aromatic N) is 3. The van der Waals surface area contributed by atoms with Crippen LogP contribution >= 0.6 is 0 Å². The Morgan fingerprint density at radius 1 is 0.958 bits per heavy atom. The highest BCUT2D eigenvalue weighted by molar-refractivity contribution is 5.80. The molecule has 0 spiro atoms. The second-order valence-corrected chi connectivity index (χ2v) is 5.60. The van der Waals surface area contributed by atoms with E-state index in [0.717, 1.165) is 34.7 Å². The van der Waals surface area contributed by atoms with Gasteiger partial charge in [-0.15, -0.1) is 0 Å². The fourth-order valence-corrected chi connectivity index (χ4v) is 2.91. The molecule has 118 valence electrons. The molecule has 4 nitrogen and oxygen atoms in total. The molecule has 0 amide bonds. The van der Waals surface area contributed by atoms with Gasteiger partial charge < -0.3 is 9.30 Å². The van der Waals surface area contributed by atoms with Crippen LogP contribution < -0.4 is 4.74 Å². The van der Waals surface area contributed by atoms with Crippen LogP contribution in [0.5, 0.6) is 5.75 Å². The Hall–Kier alpha value is -3.14. The monoisotopic (exact) mass is 315 g/mol. The summed E-state index contributed by atoms with van der Waals surface area (Å²) in [6.45, 7) is 0.732. The largest absolute Gasteiger partial charge is 0.497 e. The smallest absolute Gasteiger partial charge is 0.141 e. The van der Waals surface area contributed by atoms with Crippen LogP contribution in [-0.2, 0) is 6.54 Å². The van der Waals surface area contributed by atoms with Gasteiger partial charge in [0.05, 0.1) is 18.1 Å². The highest BCUT2D eigenvalue weighted by Crippen LogP contribution is 2.26. The summed E-state index contributed by atoms with van der Waals surface area (Å²) >= 11 is 0. The lowest BCUT2D eigenvalue weighted by Gasteiger charge is -2.10. The molecule has 2 aromatic heterocycles. The maximum Gasteiger partial charge on any atom is 0.141 e. The molecule has 2 aromatic carbocycles. The van der Waals surface area contributed by atoms with Crippen molar-refractivity contribution in [2.24, 2.45) is 0 Å². The predicted molar refractivity (Wildman–Crippen MR) is 95.1 cm³/mol. The van der Waals surface area contributed by atoms with Gasteiger partial charge in [0.2, 0.25) is 0 Å². The third-order valence-electron chi connectivity index (χ3n) is 4.07. The van der Waals surface area contributed by atoms with E-state index in [4.69, 9.17) is 9.72 Å². The zero-order valence-corrected chi connectivity index (χ0v) is 13.4. The molecule has 0 aliphatic heterocycles. The first kappa shape index (κ1) is 14.5. The van der Waals surface area contributed by atoms with Crippen molar-refractivity contribution in [2.45, 2.75) is 6.54 Å². The van der Waals surface area contributed by atoms with E-state index in [0.29, 0.717) is 0 Å². The van der Waals surface area contributed by atoms with Crippen LogP contribution in [0.25, 0.3) is 22.4 Å². The first-order chi connectivity index (χ1) is 11.8. The molecule has 0 saturated heterocycles. The van der Waals surface area contributed by atoms with Gasteiger partial charge in [0.15, 0.2) is 0 Å². The van der Waals surface area contributed by atoms with Gasteiger partial charge in [-0.3, -0.25) is 4.98 Å². The molecule has 24 heavy (non-hydrogen) atoms. The topological polar surface area (TPSA) is 39.9 Å². The zero-order chi connectivity index (χ0) is 16.4. The molecule has 0 aliphatic carbocycles. The fourth-order valence-electron chi connectivity index (χ4n) is 2.91. The van der Waals surface area contributed by atoms with E-state index in [-0.39, 0.29) is 0 Å². The van der Waals surface area contributed by atoms with Crippen molar-refractivity contribution in [2.75, 3.05) is 7.11 Å². The number of fused-ring (bicyclic) bond motifs is 1. The second kappa shape index (κ2) is 6.16. The highest BCUT2D eigenvalue weighted by Gasteiger charge is 2.12. The van der Waals surface area contributed by atoms with Crippen molar-refractivity contribution in [3.8, 4) is 17.1 Å². The van der Waals surface area contributed by atoms with E-state index in [1.807, 2.05) is 42.5 Å². The van der Waals surface area contributed by atoms with Gasteiger partial charge in [-0.05, 0) is 42.0 Å². The van der Waals surface area contributed by atoms with E-state index in [9.17, 15) is 0 Å². The first-order valence-electron chi connectivity index (χ1n) is 7.84. The number of imidazole rings is 1. The molecule has 2 heterocycles. The van der Waals surface area contributed by atoms with Gasteiger partial charge in [0.1, 0.15) is 11.6 Å². The molecule has 4 rings (SSSR count). The van der Waals surface area contributed by atoms with Crippen LogP contribution in [0, 0.1) is 0 Å². The van der Waals surface area contributed by atoms with Crippen molar-refractivity contribution in [1.82, 2.24) is 14.5 Å². The third-order valence-corrected chi connectivity index (χ3v) is 4.07. The van der Waals surface area contributed by atoms with Gasteiger partial charge in [0.25, 0.3) is 0 Å². The minimum Gasteiger partial charge on any atom is -0.497 e. The summed E-state index contributed by atoms with van der Waals surface area (Å²) in [5, 5.41) is 0. The number of rotatable bonds is 4. The fraction of sp³-hybridized carbons (Fsp3) is 0.100. The van der Waals surface area contributed by atoms with Gasteiger partial charge in [0, 0.05) is 24.5 Å². The van der Waals surface area contributed by atoms with Crippen molar-refractivity contribution in [1.29, 1.82) is 0 Å². The van der Waals surface area contributed by atoms with E-state index < -0.39 is 0 Å². The van der Waals surface area contributed by atoms with Gasteiger partial charge >= 0.3 is 0 Å². The molecule has 4 heteroatoms. The highest BCUT2D eigenvalue weighted by atomic mass is 16.5. The molecule has 0 saturated carbocycles. The van der Waals surface area contributed by atoms with Crippen LogP contribution in [-0.4, -0.2) is 21.6 Å². The Morgan fingerprint density at radius 3 is 2.62 bits per heavy atom. The average Bonchev–Trinajstić information content (AvgIpc) is 3.01. The SMILES string of the molecule is COc1cccc(Cn2c(-c3ccncc3)nc3ccccc32)c1. The number of hydrogen-bond donors (Lipinski definition) is 0. The maximum absolute atomic E-state index is 5.34. The molecule has 0 atom stereocenters. The van der Waals surface area contributed by atoms with Crippen LogP contribution in [0.2, 0.25) is 0 Å². The first-order valence-corrected chi connectivity index (χ1v) is 7.84. The molecular weight excluding hydrogens is 298 g/mol. The summed E-state index contributed by atoms with van der Waals surface area (Å²) in [6, 6.07) is 20.3. The Kier molecular flexibility index (Phi) is 3.71. The Bertz CT molecular complexity index is 977. The molecule has 0 N–H and O–H groups in total. The van der Waals surface area contributed by atoms with Gasteiger partial charge in [-0.2, -0.15) is 0 Å². The number of ether oxygens (including phenoxy) is 1. The van der Waals surface area contributed by atoms with Crippen LogP contribution in [0.1, 0.15) is 5.56 Å². The summed E-state index contributed by atoms with van der Waals surface area (Å²) < 4.78 is 7.58. The third kappa shape index (κ3) is 2.63. The van der Waals surface area contributed by atoms with Crippen molar-refractivity contribution >= 4 is 11.0 Å². The molecule has 0 radical (unpaired) electrons. The summed E-state index contributed by atoms with van der Waals surface area (Å²) in [6.07, 6.45) is 3.59. The predicted octanol–water partition coefficient (Wildman–Crippen LogP) is 4.16. The van der Waals surface area contributed by atoms with Crippen molar-refractivity contribution in [3.05, 3.63) is 78.6 Å². The van der Waals surface area contributed by atoms with E-state index in [1.54, 1.807) is 19.5 Å². The molecule has 0 aliphatic rings. The number of aromatic nitrogens is 3. The Balaban J connectivity index is 1.86.